The van der Waals surface area contributed by atoms with E-state index in [1.165, 1.54) is 6.08 Å². The monoisotopic (exact) mass is 153 g/mol. The maximum absolute atomic E-state index is 10.1. The Morgan fingerprint density at radius 2 is 2.11 bits per heavy atom. The molecule has 56 valence electrons. The smallest absolute Gasteiger partial charge is 0.264 e. The van der Waals surface area contributed by atoms with Crippen molar-refractivity contribution in [2.45, 2.75) is 0 Å². The highest BCUT2D eigenvalue weighted by molar-refractivity contribution is 7.85. The van der Waals surface area contributed by atoms with E-state index in [0.29, 0.717) is 0 Å². The molecule has 0 aromatic heterocycles. The Labute approximate surface area is 55.2 Å². The maximum Gasteiger partial charge on any atom is 0.264 e. The molecule has 0 rings (SSSR count). The van der Waals surface area contributed by atoms with Gasteiger partial charge in [0.15, 0.2) is 0 Å². The van der Waals surface area contributed by atoms with E-state index in [0.717, 1.165) is 6.26 Å². The minimum atomic E-state index is -3.26. The van der Waals surface area contributed by atoms with E-state index in [9.17, 15) is 8.42 Å². The normalized spacial score (nSPS) is 9.89. The molecular formula is C4H11NO3S. The standard InChI is InChI=1S/C4H8O3S.H3N/c1-3-4-7-8(2,5)6;/h3H,1,4H2,2H3;1H3. The van der Waals surface area contributed by atoms with Crippen LogP contribution >= 0.6 is 0 Å². The van der Waals surface area contributed by atoms with Crippen LogP contribution in [0.5, 0.6) is 0 Å². The molecule has 0 bridgehead atoms. The van der Waals surface area contributed by atoms with Gasteiger partial charge in [-0.15, -0.1) is 6.58 Å². The Hall–Kier alpha value is -0.390. The van der Waals surface area contributed by atoms with Crippen LogP contribution < -0.4 is 6.15 Å². The Kier molecular flexibility index (Phi) is 5.69. The van der Waals surface area contributed by atoms with E-state index < -0.39 is 10.1 Å². The first-order valence-electron chi connectivity index (χ1n) is 2.01. The first kappa shape index (κ1) is 11.4. The molecule has 0 amide bonds. The summed E-state index contributed by atoms with van der Waals surface area (Å²) in [6.45, 7) is 3.33. The van der Waals surface area contributed by atoms with Crippen molar-refractivity contribution in [2.75, 3.05) is 12.9 Å². The molecule has 9 heavy (non-hydrogen) atoms. The third-order valence-electron chi connectivity index (χ3n) is 0.400. The molecule has 0 radical (unpaired) electrons. The van der Waals surface area contributed by atoms with E-state index in [1.807, 2.05) is 0 Å². The summed E-state index contributed by atoms with van der Waals surface area (Å²) < 4.78 is 24.5. The molecule has 0 heterocycles. The minimum Gasteiger partial charge on any atom is -0.344 e. The van der Waals surface area contributed by atoms with Crippen molar-refractivity contribution in [2.24, 2.45) is 0 Å². The van der Waals surface area contributed by atoms with Crippen molar-refractivity contribution < 1.29 is 12.6 Å². The van der Waals surface area contributed by atoms with E-state index in [2.05, 4.69) is 10.8 Å². The highest BCUT2D eigenvalue weighted by Gasteiger charge is 1.95. The van der Waals surface area contributed by atoms with Gasteiger partial charge in [-0.3, -0.25) is 4.18 Å². The predicted molar refractivity (Wildman–Crippen MR) is 36.0 cm³/mol. The lowest BCUT2D eigenvalue weighted by Crippen LogP contribution is -2.01. The van der Waals surface area contributed by atoms with Gasteiger partial charge in [0.05, 0.1) is 12.9 Å². The van der Waals surface area contributed by atoms with Gasteiger partial charge >= 0.3 is 0 Å². The molecule has 0 fully saturated rings. The molecule has 0 saturated heterocycles. The Morgan fingerprint density at radius 3 is 2.22 bits per heavy atom. The van der Waals surface area contributed by atoms with Crippen LogP contribution in [-0.4, -0.2) is 21.3 Å². The fourth-order valence-corrected chi connectivity index (χ4v) is 0.515. The van der Waals surface area contributed by atoms with Crippen LogP contribution in [0.4, 0.5) is 0 Å². The molecule has 0 spiro atoms. The summed E-state index contributed by atoms with van der Waals surface area (Å²) in [7, 11) is -3.26. The lowest BCUT2D eigenvalue weighted by Gasteiger charge is -1.91. The zero-order chi connectivity index (χ0) is 6.62. The maximum atomic E-state index is 10.1. The summed E-state index contributed by atoms with van der Waals surface area (Å²) in [5, 5.41) is 0. The van der Waals surface area contributed by atoms with Gasteiger partial charge in [0.2, 0.25) is 0 Å². The molecule has 4 nitrogen and oxygen atoms in total. The average molecular weight is 153 g/mol. The van der Waals surface area contributed by atoms with Crippen LogP contribution in [0, 0.1) is 0 Å². The van der Waals surface area contributed by atoms with E-state index in [-0.39, 0.29) is 12.8 Å². The zero-order valence-electron chi connectivity index (χ0n) is 5.33. The van der Waals surface area contributed by atoms with Crippen LogP contribution in [0.2, 0.25) is 0 Å². The second kappa shape index (κ2) is 4.49. The van der Waals surface area contributed by atoms with Gasteiger partial charge in [-0.25, -0.2) is 0 Å². The molecule has 0 aliphatic rings. The third-order valence-corrected chi connectivity index (χ3v) is 0.964. The number of rotatable bonds is 3. The van der Waals surface area contributed by atoms with Crippen molar-refractivity contribution in [3.8, 4) is 0 Å². The summed E-state index contributed by atoms with van der Waals surface area (Å²) in [4.78, 5) is 0. The predicted octanol–water partition coefficient (Wildman–Crippen LogP) is 0.311. The fourth-order valence-electron chi connectivity index (χ4n) is 0.172. The van der Waals surface area contributed by atoms with E-state index in [4.69, 9.17) is 0 Å². The van der Waals surface area contributed by atoms with E-state index in [1.54, 1.807) is 0 Å². The molecule has 0 aromatic carbocycles. The summed E-state index contributed by atoms with van der Waals surface area (Å²) in [6, 6.07) is 0. The molecule has 0 saturated carbocycles. The van der Waals surface area contributed by atoms with Crippen molar-refractivity contribution in [1.29, 1.82) is 0 Å². The Balaban J connectivity index is 0. The highest BCUT2D eigenvalue weighted by Crippen LogP contribution is 1.83. The van der Waals surface area contributed by atoms with Crippen molar-refractivity contribution in [3.05, 3.63) is 12.7 Å². The first-order chi connectivity index (χ1) is 3.56. The largest absolute Gasteiger partial charge is 0.344 e. The van der Waals surface area contributed by atoms with Crippen LogP contribution in [0.1, 0.15) is 0 Å². The average Bonchev–Trinajstić information content (AvgIpc) is 1.59. The molecule has 5 heteroatoms. The SMILES string of the molecule is C=CCOS(C)(=O)=O.N. The molecule has 0 aliphatic heterocycles. The molecular weight excluding hydrogens is 142 g/mol. The third kappa shape index (κ3) is 11.3. The molecule has 0 atom stereocenters. The summed E-state index contributed by atoms with van der Waals surface area (Å²) in [5.41, 5.74) is 0. The van der Waals surface area contributed by atoms with Crippen molar-refractivity contribution >= 4 is 10.1 Å². The van der Waals surface area contributed by atoms with Crippen molar-refractivity contribution in [1.82, 2.24) is 6.15 Å². The molecule has 0 aliphatic carbocycles. The molecule has 0 unspecified atom stereocenters. The quantitative estimate of drug-likeness (QED) is 0.467. The summed E-state index contributed by atoms with van der Waals surface area (Å²) >= 11 is 0. The Bertz CT molecular complexity index is 161. The van der Waals surface area contributed by atoms with Crippen LogP contribution in [0.25, 0.3) is 0 Å². The number of hydrogen-bond donors (Lipinski definition) is 1. The number of hydrogen-bond acceptors (Lipinski definition) is 4. The fraction of sp³-hybridized carbons (Fsp3) is 0.500. The van der Waals surface area contributed by atoms with Gasteiger partial charge in [0.1, 0.15) is 0 Å². The summed E-state index contributed by atoms with van der Waals surface area (Å²) in [5.74, 6) is 0. The molecule has 0 aromatic rings. The van der Waals surface area contributed by atoms with Crippen LogP contribution in [-0.2, 0) is 14.3 Å². The second-order valence-corrected chi connectivity index (χ2v) is 2.92. The lowest BCUT2D eigenvalue weighted by molar-refractivity contribution is 0.362. The van der Waals surface area contributed by atoms with Gasteiger partial charge in [0.25, 0.3) is 10.1 Å². The summed E-state index contributed by atoms with van der Waals surface area (Å²) in [6.07, 6.45) is 2.37. The van der Waals surface area contributed by atoms with Gasteiger partial charge in [0, 0.05) is 0 Å². The second-order valence-electron chi connectivity index (χ2n) is 1.28. The minimum absolute atomic E-state index is 0. The lowest BCUT2D eigenvalue weighted by atomic mass is 10.7. The van der Waals surface area contributed by atoms with Crippen LogP contribution in [0.15, 0.2) is 12.7 Å². The zero-order valence-corrected chi connectivity index (χ0v) is 6.15. The van der Waals surface area contributed by atoms with Crippen molar-refractivity contribution in [3.63, 3.8) is 0 Å². The van der Waals surface area contributed by atoms with Gasteiger partial charge in [-0.1, -0.05) is 6.08 Å². The topological polar surface area (TPSA) is 78.4 Å². The Morgan fingerprint density at radius 1 is 1.67 bits per heavy atom. The van der Waals surface area contributed by atoms with Gasteiger partial charge < -0.3 is 6.15 Å². The highest BCUT2D eigenvalue weighted by atomic mass is 32.2. The van der Waals surface area contributed by atoms with Gasteiger partial charge in [-0.05, 0) is 0 Å². The van der Waals surface area contributed by atoms with E-state index >= 15 is 0 Å². The first-order valence-corrected chi connectivity index (χ1v) is 3.83. The molecule has 3 N–H and O–H groups in total. The van der Waals surface area contributed by atoms with Gasteiger partial charge in [-0.2, -0.15) is 8.42 Å². The van der Waals surface area contributed by atoms with Crippen LogP contribution in [0.3, 0.4) is 0 Å².